The largest absolute Gasteiger partial charge is 0.379 e. The van der Waals surface area contributed by atoms with E-state index in [9.17, 15) is 0 Å². The van der Waals surface area contributed by atoms with Crippen molar-refractivity contribution in [2.45, 2.75) is 38.5 Å². The normalized spacial score (nSPS) is 34.1. The van der Waals surface area contributed by atoms with E-state index >= 15 is 0 Å². The van der Waals surface area contributed by atoms with E-state index in [0.717, 1.165) is 45.9 Å². The summed E-state index contributed by atoms with van der Waals surface area (Å²) in [6, 6.07) is 1.07. The fourth-order valence-electron chi connectivity index (χ4n) is 2.54. The highest BCUT2D eigenvalue weighted by Gasteiger charge is 2.25. The van der Waals surface area contributed by atoms with Crippen LogP contribution in [0.1, 0.15) is 20.3 Å². The Bertz CT molecular complexity index is 207. The summed E-state index contributed by atoms with van der Waals surface area (Å²) in [7, 11) is 0. The van der Waals surface area contributed by atoms with Gasteiger partial charge in [-0.15, -0.1) is 0 Å². The molecular weight excluding hydrogens is 204 g/mol. The molecule has 2 aliphatic heterocycles. The van der Waals surface area contributed by atoms with Crippen LogP contribution in [0.15, 0.2) is 0 Å². The number of nitrogens with one attached hydrogen (secondary N) is 1. The lowest BCUT2D eigenvalue weighted by Crippen LogP contribution is -2.48. The molecule has 2 saturated heterocycles. The molecule has 2 heterocycles. The lowest BCUT2D eigenvalue weighted by atomic mass is 10.1. The molecule has 0 radical (unpaired) electrons. The molecule has 1 N–H and O–H groups in total. The number of ether oxygens (including phenoxy) is 2. The van der Waals surface area contributed by atoms with Gasteiger partial charge in [-0.2, -0.15) is 0 Å². The quantitative estimate of drug-likeness (QED) is 0.758. The van der Waals surface area contributed by atoms with Crippen LogP contribution in [0.3, 0.4) is 0 Å². The zero-order valence-electron chi connectivity index (χ0n) is 10.4. The summed E-state index contributed by atoms with van der Waals surface area (Å²) < 4.78 is 10.9. The van der Waals surface area contributed by atoms with Gasteiger partial charge in [0.1, 0.15) is 0 Å². The van der Waals surface area contributed by atoms with E-state index in [-0.39, 0.29) is 0 Å². The predicted octanol–water partition coefficient (Wildman–Crippen LogP) is 0.474. The van der Waals surface area contributed by atoms with Gasteiger partial charge < -0.3 is 14.8 Å². The number of morpholine rings is 1. The van der Waals surface area contributed by atoms with Crippen molar-refractivity contribution in [1.29, 1.82) is 0 Å². The van der Waals surface area contributed by atoms with E-state index in [4.69, 9.17) is 9.47 Å². The standard InChI is InChI=1S/C12H24N2O2/c1-10(9-14-4-7-15-8-5-14)13-12-3-6-16-11(12)2/h10-13H,3-9H2,1-2H3. The highest BCUT2D eigenvalue weighted by Crippen LogP contribution is 2.13. The van der Waals surface area contributed by atoms with Gasteiger partial charge in [0.05, 0.1) is 19.3 Å². The second-order valence-corrected chi connectivity index (χ2v) is 4.95. The lowest BCUT2D eigenvalue weighted by Gasteiger charge is -2.31. The Morgan fingerprint density at radius 2 is 2.06 bits per heavy atom. The van der Waals surface area contributed by atoms with Crippen molar-refractivity contribution < 1.29 is 9.47 Å². The molecule has 0 aromatic rings. The lowest BCUT2D eigenvalue weighted by molar-refractivity contribution is 0.0329. The van der Waals surface area contributed by atoms with Crippen LogP contribution in [0.2, 0.25) is 0 Å². The number of hydrogen-bond donors (Lipinski definition) is 1. The first-order valence-electron chi connectivity index (χ1n) is 6.43. The Hall–Kier alpha value is -0.160. The SMILES string of the molecule is CC(CN1CCOCC1)NC1CCOC1C. The van der Waals surface area contributed by atoms with Crippen LogP contribution in [0.4, 0.5) is 0 Å². The number of hydrogen-bond acceptors (Lipinski definition) is 4. The van der Waals surface area contributed by atoms with Gasteiger partial charge in [0.2, 0.25) is 0 Å². The summed E-state index contributed by atoms with van der Waals surface area (Å²) in [6.45, 7) is 10.4. The van der Waals surface area contributed by atoms with Crippen molar-refractivity contribution in [2.24, 2.45) is 0 Å². The fraction of sp³-hybridized carbons (Fsp3) is 1.00. The molecule has 0 amide bonds. The van der Waals surface area contributed by atoms with Gasteiger partial charge in [-0.05, 0) is 20.3 Å². The Kier molecular flexibility index (Phi) is 4.58. The molecule has 0 aliphatic carbocycles. The van der Waals surface area contributed by atoms with Crippen molar-refractivity contribution in [3.63, 3.8) is 0 Å². The molecule has 2 rings (SSSR count). The third-order valence-corrected chi connectivity index (χ3v) is 3.51. The van der Waals surface area contributed by atoms with Crippen LogP contribution < -0.4 is 5.32 Å². The maximum absolute atomic E-state index is 5.56. The molecule has 0 aromatic carbocycles. The minimum atomic E-state index is 0.368. The van der Waals surface area contributed by atoms with Crippen molar-refractivity contribution >= 4 is 0 Å². The molecule has 2 aliphatic rings. The van der Waals surface area contributed by atoms with Crippen molar-refractivity contribution in [3.05, 3.63) is 0 Å². The van der Waals surface area contributed by atoms with Crippen LogP contribution in [-0.2, 0) is 9.47 Å². The third kappa shape index (κ3) is 3.42. The summed E-state index contributed by atoms with van der Waals surface area (Å²) in [4.78, 5) is 2.47. The minimum absolute atomic E-state index is 0.368. The van der Waals surface area contributed by atoms with E-state index in [1.165, 1.54) is 0 Å². The zero-order chi connectivity index (χ0) is 11.4. The van der Waals surface area contributed by atoms with Gasteiger partial charge in [0.25, 0.3) is 0 Å². The van der Waals surface area contributed by atoms with Crippen molar-refractivity contribution in [3.8, 4) is 0 Å². The van der Waals surface area contributed by atoms with E-state index in [1.807, 2.05) is 0 Å². The maximum Gasteiger partial charge on any atom is 0.0700 e. The van der Waals surface area contributed by atoms with Crippen LogP contribution in [0.5, 0.6) is 0 Å². The molecule has 0 aromatic heterocycles. The molecular formula is C12H24N2O2. The van der Waals surface area contributed by atoms with Crippen LogP contribution >= 0.6 is 0 Å². The Morgan fingerprint density at radius 1 is 1.31 bits per heavy atom. The predicted molar refractivity (Wildman–Crippen MR) is 63.7 cm³/mol. The number of nitrogens with zero attached hydrogens (tertiary/aromatic N) is 1. The van der Waals surface area contributed by atoms with Gasteiger partial charge in [-0.3, -0.25) is 4.90 Å². The van der Waals surface area contributed by atoms with E-state index in [2.05, 4.69) is 24.1 Å². The maximum atomic E-state index is 5.56. The molecule has 2 fully saturated rings. The monoisotopic (exact) mass is 228 g/mol. The average molecular weight is 228 g/mol. The smallest absolute Gasteiger partial charge is 0.0700 e. The summed E-state index contributed by atoms with van der Waals surface area (Å²) in [5.41, 5.74) is 0. The Morgan fingerprint density at radius 3 is 2.69 bits per heavy atom. The van der Waals surface area contributed by atoms with Crippen LogP contribution in [0, 0.1) is 0 Å². The molecule has 4 heteroatoms. The van der Waals surface area contributed by atoms with Gasteiger partial charge in [0, 0.05) is 38.3 Å². The molecule has 0 bridgehead atoms. The van der Waals surface area contributed by atoms with Crippen LogP contribution in [0.25, 0.3) is 0 Å². The molecule has 3 atom stereocenters. The van der Waals surface area contributed by atoms with Gasteiger partial charge in [-0.1, -0.05) is 0 Å². The second kappa shape index (κ2) is 5.96. The molecule has 94 valence electrons. The molecule has 0 spiro atoms. The fourth-order valence-corrected chi connectivity index (χ4v) is 2.54. The molecule has 0 saturated carbocycles. The summed E-state index contributed by atoms with van der Waals surface area (Å²) in [5, 5.41) is 3.67. The Labute approximate surface area is 98.3 Å². The molecule has 4 nitrogen and oxygen atoms in total. The molecule has 16 heavy (non-hydrogen) atoms. The highest BCUT2D eigenvalue weighted by atomic mass is 16.5. The van der Waals surface area contributed by atoms with Crippen molar-refractivity contribution in [2.75, 3.05) is 39.5 Å². The van der Waals surface area contributed by atoms with E-state index < -0.39 is 0 Å². The first-order valence-corrected chi connectivity index (χ1v) is 6.43. The number of rotatable bonds is 4. The van der Waals surface area contributed by atoms with Gasteiger partial charge in [-0.25, -0.2) is 0 Å². The van der Waals surface area contributed by atoms with Gasteiger partial charge >= 0.3 is 0 Å². The molecule has 3 unspecified atom stereocenters. The first kappa shape index (κ1) is 12.3. The minimum Gasteiger partial charge on any atom is -0.379 e. The van der Waals surface area contributed by atoms with Gasteiger partial charge in [0.15, 0.2) is 0 Å². The topological polar surface area (TPSA) is 33.7 Å². The Balaban J connectivity index is 1.68. The van der Waals surface area contributed by atoms with Crippen molar-refractivity contribution in [1.82, 2.24) is 10.2 Å². The average Bonchev–Trinajstić information content (AvgIpc) is 2.66. The summed E-state index contributed by atoms with van der Waals surface area (Å²) in [5.74, 6) is 0. The third-order valence-electron chi connectivity index (χ3n) is 3.51. The zero-order valence-corrected chi connectivity index (χ0v) is 10.4. The second-order valence-electron chi connectivity index (χ2n) is 4.95. The van der Waals surface area contributed by atoms with E-state index in [1.54, 1.807) is 0 Å². The highest BCUT2D eigenvalue weighted by molar-refractivity contribution is 4.82. The van der Waals surface area contributed by atoms with Crippen LogP contribution in [-0.4, -0.2) is 62.5 Å². The van der Waals surface area contributed by atoms with E-state index in [0.29, 0.717) is 18.2 Å². The first-order chi connectivity index (χ1) is 7.75. The summed E-state index contributed by atoms with van der Waals surface area (Å²) in [6.07, 6.45) is 1.52. The summed E-state index contributed by atoms with van der Waals surface area (Å²) >= 11 is 0.